The van der Waals surface area contributed by atoms with Gasteiger partial charge < -0.3 is 4.57 Å². The first-order valence-corrected chi connectivity index (χ1v) is 5.72. The van der Waals surface area contributed by atoms with Crippen molar-refractivity contribution in [3.63, 3.8) is 0 Å². The van der Waals surface area contributed by atoms with Gasteiger partial charge in [0.25, 0.3) is 0 Å². The highest BCUT2D eigenvalue weighted by atomic mass is 16.1. The molecule has 0 spiro atoms. The Morgan fingerprint density at radius 1 is 1.35 bits per heavy atom. The van der Waals surface area contributed by atoms with Crippen molar-refractivity contribution in [1.82, 2.24) is 14.5 Å². The molecule has 0 bridgehead atoms. The van der Waals surface area contributed by atoms with Gasteiger partial charge in [0, 0.05) is 25.7 Å². The van der Waals surface area contributed by atoms with Crippen LogP contribution < -0.4 is 0 Å². The Kier molecular flexibility index (Phi) is 3.32. The van der Waals surface area contributed by atoms with E-state index in [2.05, 4.69) is 16.9 Å². The number of hydrogen-bond acceptors (Lipinski definition) is 3. The minimum Gasteiger partial charge on any atom is -0.302 e. The van der Waals surface area contributed by atoms with Gasteiger partial charge in [0.15, 0.2) is 5.78 Å². The van der Waals surface area contributed by atoms with Crippen LogP contribution in [0.25, 0.3) is 5.69 Å². The number of carbonyl (C=O) groups is 1. The van der Waals surface area contributed by atoms with E-state index in [1.165, 1.54) is 6.92 Å². The van der Waals surface area contributed by atoms with Gasteiger partial charge in [-0.3, -0.25) is 9.78 Å². The fraction of sp³-hybridized carbons (Fsp3) is 0.308. The topological polar surface area (TPSA) is 47.8 Å². The second kappa shape index (κ2) is 4.91. The van der Waals surface area contributed by atoms with Crippen LogP contribution in [0.2, 0.25) is 0 Å². The molecule has 0 aromatic carbocycles. The van der Waals surface area contributed by atoms with Gasteiger partial charge in [-0.15, -0.1) is 0 Å². The third kappa shape index (κ3) is 2.41. The molecular weight excluding hydrogens is 214 g/mol. The molecule has 0 aliphatic carbocycles. The standard InChI is InChI=1S/C13H15N3O/c1-3-4-13-14-7-8-16(13)11-5-6-12(10(2)17)15-9-11/h5-9H,3-4H2,1-2H3. The molecule has 2 rings (SSSR count). The number of aryl methyl sites for hydroxylation is 1. The zero-order chi connectivity index (χ0) is 12.3. The number of pyridine rings is 1. The Balaban J connectivity index is 2.33. The van der Waals surface area contributed by atoms with Crippen LogP contribution in [0.5, 0.6) is 0 Å². The lowest BCUT2D eigenvalue weighted by molar-refractivity contribution is 0.101. The number of ketones is 1. The molecule has 0 saturated heterocycles. The number of hydrogen-bond donors (Lipinski definition) is 0. The summed E-state index contributed by atoms with van der Waals surface area (Å²) in [5.74, 6) is 1.00. The number of imidazole rings is 1. The molecular formula is C13H15N3O. The van der Waals surface area contributed by atoms with Crippen molar-refractivity contribution in [2.24, 2.45) is 0 Å². The van der Waals surface area contributed by atoms with Crippen molar-refractivity contribution < 1.29 is 4.79 Å². The Hall–Kier alpha value is -1.97. The van der Waals surface area contributed by atoms with E-state index in [9.17, 15) is 4.79 Å². The Morgan fingerprint density at radius 2 is 2.18 bits per heavy atom. The maximum absolute atomic E-state index is 11.1. The van der Waals surface area contributed by atoms with Gasteiger partial charge in [0.1, 0.15) is 11.5 Å². The molecule has 0 saturated carbocycles. The van der Waals surface area contributed by atoms with E-state index in [4.69, 9.17) is 0 Å². The summed E-state index contributed by atoms with van der Waals surface area (Å²) in [5.41, 5.74) is 1.43. The SMILES string of the molecule is CCCc1nccn1-c1ccc(C(C)=O)nc1. The van der Waals surface area contributed by atoms with Gasteiger partial charge in [0.05, 0.1) is 11.9 Å². The summed E-state index contributed by atoms with van der Waals surface area (Å²) in [6.07, 6.45) is 7.38. The monoisotopic (exact) mass is 229 g/mol. The molecule has 0 amide bonds. The molecule has 0 radical (unpaired) electrons. The van der Waals surface area contributed by atoms with E-state index in [0.29, 0.717) is 5.69 Å². The molecule has 0 fully saturated rings. The lowest BCUT2D eigenvalue weighted by Gasteiger charge is -2.06. The zero-order valence-electron chi connectivity index (χ0n) is 10.1. The second-order valence-corrected chi connectivity index (χ2v) is 3.92. The predicted molar refractivity (Wildman–Crippen MR) is 65.4 cm³/mol. The van der Waals surface area contributed by atoms with Crippen LogP contribution in [0, 0.1) is 0 Å². The number of Topliss-reactive ketones (excluding diaryl/α,β-unsaturated/α-hetero) is 1. The van der Waals surface area contributed by atoms with E-state index in [0.717, 1.165) is 24.4 Å². The van der Waals surface area contributed by atoms with Gasteiger partial charge in [-0.2, -0.15) is 0 Å². The van der Waals surface area contributed by atoms with Crippen molar-refractivity contribution in [3.05, 3.63) is 42.2 Å². The van der Waals surface area contributed by atoms with Crippen LogP contribution in [-0.2, 0) is 6.42 Å². The Morgan fingerprint density at radius 3 is 2.76 bits per heavy atom. The van der Waals surface area contributed by atoms with E-state index in [-0.39, 0.29) is 5.78 Å². The van der Waals surface area contributed by atoms with Crippen LogP contribution in [-0.4, -0.2) is 20.3 Å². The fourth-order valence-corrected chi connectivity index (χ4v) is 1.71. The molecule has 88 valence electrons. The summed E-state index contributed by atoms with van der Waals surface area (Å²) >= 11 is 0. The van der Waals surface area contributed by atoms with Crippen molar-refractivity contribution in [2.75, 3.05) is 0 Å². The van der Waals surface area contributed by atoms with Gasteiger partial charge >= 0.3 is 0 Å². The molecule has 2 aromatic heterocycles. The minimum atomic E-state index is -0.0176. The van der Waals surface area contributed by atoms with E-state index < -0.39 is 0 Å². The molecule has 0 unspecified atom stereocenters. The van der Waals surface area contributed by atoms with Crippen LogP contribution in [0.1, 0.15) is 36.6 Å². The van der Waals surface area contributed by atoms with Crippen LogP contribution in [0.4, 0.5) is 0 Å². The summed E-state index contributed by atoms with van der Waals surface area (Å²) in [6.45, 7) is 3.64. The summed E-state index contributed by atoms with van der Waals surface area (Å²) in [4.78, 5) is 19.6. The van der Waals surface area contributed by atoms with Crippen LogP contribution in [0.3, 0.4) is 0 Å². The largest absolute Gasteiger partial charge is 0.302 e. The molecule has 2 heterocycles. The van der Waals surface area contributed by atoms with E-state index in [1.807, 2.05) is 16.8 Å². The smallest absolute Gasteiger partial charge is 0.178 e. The number of aromatic nitrogens is 3. The normalized spacial score (nSPS) is 10.5. The van der Waals surface area contributed by atoms with Crippen molar-refractivity contribution >= 4 is 5.78 Å². The van der Waals surface area contributed by atoms with E-state index in [1.54, 1.807) is 18.5 Å². The van der Waals surface area contributed by atoms with Crippen molar-refractivity contribution in [1.29, 1.82) is 0 Å². The predicted octanol–water partition coefficient (Wildman–Crippen LogP) is 2.42. The van der Waals surface area contributed by atoms with Crippen molar-refractivity contribution in [2.45, 2.75) is 26.7 Å². The van der Waals surface area contributed by atoms with E-state index >= 15 is 0 Å². The third-order valence-corrected chi connectivity index (χ3v) is 2.58. The van der Waals surface area contributed by atoms with Crippen LogP contribution >= 0.6 is 0 Å². The molecule has 0 atom stereocenters. The Bertz CT molecular complexity index is 514. The third-order valence-electron chi connectivity index (χ3n) is 2.58. The quantitative estimate of drug-likeness (QED) is 0.756. The summed E-state index contributed by atoms with van der Waals surface area (Å²) in [5, 5.41) is 0. The molecule has 0 aliphatic rings. The average molecular weight is 229 g/mol. The zero-order valence-corrected chi connectivity index (χ0v) is 10.1. The summed E-state index contributed by atoms with van der Waals surface area (Å²) in [7, 11) is 0. The molecule has 0 aliphatic heterocycles. The summed E-state index contributed by atoms with van der Waals surface area (Å²) in [6, 6.07) is 3.64. The lowest BCUT2D eigenvalue weighted by atomic mass is 10.2. The maximum atomic E-state index is 11.1. The Labute approximate surface area is 100 Å². The highest BCUT2D eigenvalue weighted by Crippen LogP contribution is 2.11. The summed E-state index contributed by atoms with van der Waals surface area (Å²) < 4.78 is 2.00. The lowest BCUT2D eigenvalue weighted by Crippen LogP contribution is -2.02. The molecule has 4 heteroatoms. The van der Waals surface area contributed by atoms with Crippen molar-refractivity contribution in [3.8, 4) is 5.69 Å². The molecule has 4 nitrogen and oxygen atoms in total. The highest BCUT2D eigenvalue weighted by Gasteiger charge is 2.05. The number of rotatable bonds is 4. The first kappa shape index (κ1) is 11.5. The molecule has 0 N–H and O–H groups in total. The first-order valence-electron chi connectivity index (χ1n) is 5.72. The first-order chi connectivity index (χ1) is 8.22. The number of carbonyl (C=O) groups excluding carboxylic acids is 1. The van der Waals surface area contributed by atoms with Crippen LogP contribution in [0.15, 0.2) is 30.7 Å². The molecule has 17 heavy (non-hydrogen) atoms. The van der Waals surface area contributed by atoms with Gasteiger partial charge in [-0.05, 0) is 18.6 Å². The maximum Gasteiger partial charge on any atom is 0.178 e. The number of nitrogens with zero attached hydrogens (tertiary/aromatic N) is 3. The molecule has 2 aromatic rings. The fourth-order valence-electron chi connectivity index (χ4n) is 1.71. The minimum absolute atomic E-state index is 0.0176. The highest BCUT2D eigenvalue weighted by molar-refractivity contribution is 5.92. The van der Waals surface area contributed by atoms with Gasteiger partial charge in [-0.1, -0.05) is 6.92 Å². The average Bonchev–Trinajstić information content (AvgIpc) is 2.78. The van der Waals surface area contributed by atoms with Gasteiger partial charge in [-0.25, -0.2) is 4.98 Å². The second-order valence-electron chi connectivity index (χ2n) is 3.92. The van der Waals surface area contributed by atoms with Gasteiger partial charge in [0.2, 0.25) is 0 Å².